The summed E-state index contributed by atoms with van der Waals surface area (Å²) in [5.41, 5.74) is 1.000. The Morgan fingerprint density at radius 1 is 1.29 bits per heavy atom. The van der Waals surface area contributed by atoms with Gasteiger partial charge in [-0.25, -0.2) is 4.79 Å². The Bertz CT molecular complexity index is 287. The summed E-state index contributed by atoms with van der Waals surface area (Å²) in [6.45, 7) is 10.5. The molecule has 0 heterocycles. The summed E-state index contributed by atoms with van der Waals surface area (Å²) in [6, 6.07) is 0. The van der Waals surface area contributed by atoms with E-state index in [-0.39, 0.29) is 12.1 Å². The lowest BCUT2D eigenvalue weighted by molar-refractivity contribution is -0.149. The monoisotopic (exact) mass is 238 g/mol. The maximum Gasteiger partial charge on any atom is 0.330 e. The van der Waals surface area contributed by atoms with E-state index in [1.54, 1.807) is 6.08 Å². The lowest BCUT2D eigenvalue weighted by Crippen LogP contribution is -2.35. The first-order chi connectivity index (χ1) is 7.90. The van der Waals surface area contributed by atoms with Crippen LogP contribution in [-0.4, -0.2) is 12.1 Å². The van der Waals surface area contributed by atoms with E-state index in [4.69, 9.17) is 4.74 Å². The fraction of sp³-hybridized carbons (Fsp3) is 0.800. The van der Waals surface area contributed by atoms with Crippen molar-refractivity contribution in [3.63, 3.8) is 0 Å². The molecule has 1 rings (SSSR count). The fourth-order valence-corrected chi connectivity index (χ4v) is 2.67. The molecule has 0 unspecified atom stereocenters. The average molecular weight is 238 g/mol. The third-order valence-electron chi connectivity index (χ3n) is 3.64. The summed E-state index contributed by atoms with van der Waals surface area (Å²) in [5.74, 6) is 1.62. The van der Waals surface area contributed by atoms with Gasteiger partial charge in [-0.05, 0) is 44.4 Å². The van der Waals surface area contributed by atoms with E-state index in [0.29, 0.717) is 17.8 Å². The number of ether oxygens (including phenoxy) is 1. The summed E-state index contributed by atoms with van der Waals surface area (Å²) in [6.07, 6.45) is 5.18. The second kappa shape index (κ2) is 6.23. The zero-order valence-electron chi connectivity index (χ0n) is 11.8. The molecule has 0 bridgehead atoms. The van der Waals surface area contributed by atoms with Crippen LogP contribution in [0.2, 0.25) is 0 Å². The van der Waals surface area contributed by atoms with Crippen LogP contribution in [0.25, 0.3) is 0 Å². The molecule has 0 aromatic heterocycles. The molecule has 0 N–H and O–H groups in total. The first-order valence-corrected chi connectivity index (χ1v) is 6.75. The van der Waals surface area contributed by atoms with Crippen LogP contribution < -0.4 is 0 Å². The minimum atomic E-state index is -0.172. The second-order valence-corrected chi connectivity index (χ2v) is 6.02. The number of carbonyl (C=O) groups is 1. The van der Waals surface area contributed by atoms with Gasteiger partial charge in [-0.3, -0.25) is 0 Å². The van der Waals surface area contributed by atoms with Crippen molar-refractivity contribution in [3.8, 4) is 0 Å². The van der Waals surface area contributed by atoms with Crippen LogP contribution in [0.3, 0.4) is 0 Å². The van der Waals surface area contributed by atoms with E-state index in [1.807, 2.05) is 13.8 Å². The average Bonchev–Trinajstić information content (AvgIpc) is 2.15. The SMILES string of the molecule is CC(C)=CC(=O)O[C@H]1C[C@H](C)CC[C@@H]1C(C)C. The van der Waals surface area contributed by atoms with Gasteiger partial charge in [0.15, 0.2) is 0 Å². The standard InChI is InChI=1S/C15H26O2/c1-10(2)8-15(16)17-14-9-12(5)6-7-13(14)11(3)4/h8,11-14H,6-7,9H2,1-5H3/t12-,13-,14+/m1/s1. The molecular formula is C15H26O2. The van der Waals surface area contributed by atoms with Crippen LogP contribution in [0.5, 0.6) is 0 Å². The van der Waals surface area contributed by atoms with E-state index in [0.717, 1.165) is 12.0 Å². The molecule has 3 atom stereocenters. The minimum Gasteiger partial charge on any atom is -0.459 e. The Labute approximate surface area is 105 Å². The van der Waals surface area contributed by atoms with Gasteiger partial charge in [0.25, 0.3) is 0 Å². The van der Waals surface area contributed by atoms with E-state index in [2.05, 4.69) is 20.8 Å². The first kappa shape index (κ1) is 14.3. The lowest BCUT2D eigenvalue weighted by atomic mass is 9.75. The molecule has 2 nitrogen and oxygen atoms in total. The predicted octanol–water partition coefficient (Wildman–Crippen LogP) is 3.96. The molecule has 0 saturated heterocycles. The van der Waals surface area contributed by atoms with Crippen LogP contribution in [-0.2, 0) is 9.53 Å². The summed E-state index contributed by atoms with van der Waals surface area (Å²) in [7, 11) is 0. The number of hydrogen-bond acceptors (Lipinski definition) is 2. The highest BCUT2D eigenvalue weighted by molar-refractivity contribution is 5.82. The lowest BCUT2D eigenvalue weighted by Gasteiger charge is -2.36. The molecule has 1 fully saturated rings. The largest absolute Gasteiger partial charge is 0.459 e. The highest BCUT2D eigenvalue weighted by Crippen LogP contribution is 2.35. The Morgan fingerprint density at radius 2 is 1.94 bits per heavy atom. The van der Waals surface area contributed by atoms with Gasteiger partial charge in [0.05, 0.1) is 0 Å². The molecule has 17 heavy (non-hydrogen) atoms. The van der Waals surface area contributed by atoms with E-state index in [9.17, 15) is 4.79 Å². The van der Waals surface area contributed by atoms with Crippen LogP contribution in [0.1, 0.15) is 53.9 Å². The Kier molecular flexibility index (Phi) is 5.23. The molecule has 0 amide bonds. The summed E-state index contributed by atoms with van der Waals surface area (Å²) >= 11 is 0. The number of esters is 1. The molecule has 0 aromatic carbocycles. The summed E-state index contributed by atoms with van der Waals surface area (Å²) in [5, 5.41) is 0. The van der Waals surface area contributed by atoms with Crippen molar-refractivity contribution in [1.82, 2.24) is 0 Å². The van der Waals surface area contributed by atoms with Crippen LogP contribution >= 0.6 is 0 Å². The summed E-state index contributed by atoms with van der Waals surface area (Å²) in [4.78, 5) is 11.7. The number of rotatable bonds is 3. The van der Waals surface area contributed by atoms with E-state index in [1.165, 1.54) is 12.8 Å². The topological polar surface area (TPSA) is 26.3 Å². The number of hydrogen-bond donors (Lipinski definition) is 0. The molecule has 0 aromatic rings. The predicted molar refractivity (Wildman–Crippen MR) is 70.7 cm³/mol. The van der Waals surface area contributed by atoms with Gasteiger partial charge < -0.3 is 4.74 Å². The van der Waals surface area contributed by atoms with Gasteiger partial charge in [0, 0.05) is 6.08 Å². The fourth-order valence-electron chi connectivity index (χ4n) is 2.67. The zero-order valence-corrected chi connectivity index (χ0v) is 11.8. The third-order valence-corrected chi connectivity index (χ3v) is 3.64. The van der Waals surface area contributed by atoms with Crippen molar-refractivity contribution >= 4 is 5.97 Å². The maximum atomic E-state index is 11.7. The van der Waals surface area contributed by atoms with Gasteiger partial charge >= 0.3 is 5.97 Å². The van der Waals surface area contributed by atoms with E-state index < -0.39 is 0 Å². The van der Waals surface area contributed by atoms with Crippen molar-refractivity contribution in [3.05, 3.63) is 11.6 Å². The maximum absolute atomic E-state index is 11.7. The van der Waals surface area contributed by atoms with Crippen LogP contribution in [0.4, 0.5) is 0 Å². The normalized spacial score (nSPS) is 28.9. The van der Waals surface area contributed by atoms with Crippen molar-refractivity contribution in [2.75, 3.05) is 0 Å². The highest BCUT2D eigenvalue weighted by atomic mass is 16.5. The number of allylic oxidation sites excluding steroid dienone is 1. The molecule has 0 radical (unpaired) electrons. The van der Waals surface area contributed by atoms with Crippen LogP contribution in [0, 0.1) is 17.8 Å². The Morgan fingerprint density at radius 3 is 2.47 bits per heavy atom. The van der Waals surface area contributed by atoms with Gasteiger partial charge in [-0.15, -0.1) is 0 Å². The van der Waals surface area contributed by atoms with Gasteiger partial charge in [0.2, 0.25) is 0 Å². The van der Waals surface area contributed by atoms with E-state index >= 15 is 0 Å². The molecule has 98 valence electrons. The molecule has 1 aliphatic carbocycles. The first-order valence-electron chi connectivity index (χ1n) is 6.75. The smallest absolute Gasteiger partial charge is 0.330 e. The molecule has 0 aliphatic heterocycles. The van der Waals surface area contributed by atoms with Crippen LogP contribution in [0.15, 0.2) is 11.6 Å². The minimum absolute atomic E-state index is 0.113. The number of carbonyl (C=O) groups excluding carboxylic acids is 1. The Balaban J connectivity index is 2.64. The molecule has 2 heteroatoms. The molecule has 1 aliphatic rings. The molecule has 0 spiro atoms. The zero-order chi connectivity index (χ0) is 13.0. The van der Waals surface area contributed by atoms with Gasteiger partial charge in [0.1, 0.15) is 6.10 Å². The van der Waals surface area contributed by atoms with Crippen molar-refractivity contribution in [2.24, 2.45) is 17.8 Å². The van der Waals surface area contributed by atoms with Crippen molar-refractivity contribution in [1.29, 1.82) is 0 Å². The quantitative estimate of drug-likeness (QED) is 0.549. The summed E-state index contributed by atoms with van der Waals surface area (Å²) < 4.78 is 5.63. The van der Waals surface area contributed by atoms with Gasteiger partial charge in [-0.1, -0.05) is 32.8 Å². The molecule has 1 saturated carbocycles. The Hall–Kier alpha value is -0.790. The highest BCUT2D eigenvalue weighted by Gasteiger charge is 2.32. The second-order valence-electron chi connectivity index (χ2n) is 6.02. The molecular weight excluding hydrogens is 212 g/mol. The third kappa shape index (κ3) is 4.53. The van der Waals surface area contributed by atoms with Crippen molar-refractivity contribution < 1.29 is 9.53 Å². The van der Waals surface area contributed by atoms with Crippen molar-refractivity contribution in [2.45, 2.75) is 60.0 Å². The van der Waals surface area contributed by atoms with Gasteiger partial charge in [-0.2, -0.15) is 0 Å².